The Morgan fingerprint density at radius 3 is 2.21 bits per heavy atom. The molecule has 0 bridgehead atoms. The second-order valence-electron chi connectivity index (χ2n) is 7.60. The SMILES string of the molecule is COc1cc(/C=N/NC(=O)C(C)(C)Oc2ccc(C(=O)c3ccc(Cl)cc3)cc2)ccc1O. The van der Waals surface area contributed by atoms with Crippen molar-refractivity contribution in [2.75, 3.05) is 7.11 Å². The highest BCUT2D eigenvalue weighted by Gasteiger charge is 2.30. The van der Waals surface area contributed by atoms with Crippen molar-refractivity contribution in [2.24, 2.45) is 5.10 Å². The van der Waals surface area contributed by atoms with Gasteiger partial charge in [0.25, 0.3) is 5.91 Å². The molecule has 0 heterocycles. The van der Waals surface area contributed by atoms with Gasteiger partial charge in [0.1, 0.15) is 5.75 Å². The van der Waals surface area contributed by atoms with Crippen molar-refractivity contribution >= 4 is 29.5 Å². The molecule has 0 atom stereocenters. The lowest BCUT2D eigenvalue weighted by Crippen LogP contribution is -2.44. The van der Waals surface area contributed by atoms with E-state index in [4.69, 9.17) is 21.1 Å². The minimum absolute atomic E-state index is 0.00843. The normalized spacial score (nSPS) is 11.3. The Morgan fingerprint density at radius 2 is 1.61 bits per heavy atom. The summed E-state index contributed by atoms with van der Waals surface area (Å²) >= 11 is 5.87. The van der Waals surface area contributed by atoms with Gasteiger partial charge < -0.3 is 14.6 Å². The monoisotopic (exact) mass is 466 g/mol. The topological polar surface area (TPSA) is 97.2 Å². The number of amides is 1. The molecule has 33 heavy (non-hydrogen) atoms. The number of phenols is 1. The number of nitrogens with zero attached hydrogens (tertiary/aromatic N) is 1. The van der Waals surface area contributed by atoms with Crippen LogP contribution < -0.4 is 14.9 Å². The lowest BCUT2D eigenvalue weighted by Gasteiger charge is -2.24. The highest BCUT2D eigenvalue weighted by molar-refractivity contribution is 6.30. The maximum Gasteiger partial charge on any atom is 0.283 e. The maximum absolute atomic E-state index is 12.6. The fourth-order valence-electron chi connectivity index (χ4n) is 2.86. The number of aromatic hydroxyl groups is 1. The van der Waals surface area contributed by atoms with Gasteiger partial charge in [-0.3, -0.25) is 9.59 Å². The van der Waals surface area contributed by atoms with E-state index >= 15 is 0 Å². The summed E-state index contributed by atoms with van der Waals surface area (Å²) in [6.45, 7) is 3.21. The third-order valence-corrected chi connectivity index (χ3v) is 4.98. The van der Waals surface area contributed by atoms with Crippen molar-refractivity contribution < 1.29 is 24.2 Å². The zero-order chi connectivity index (χ0) is 24.0. The van der Waals surface area contributed by atoms with Gasteiger partial charge in [-0.2, -0.15) is 5.10 Å². The van der Waals surface area contributed by atoms with Crippen molar-refractivity contribution in [1.29, 1.82) is 0 Å². The number of hydrazone groups is 1. The number of ketones is 1. The van der Waals surface area contributed by atoms with Gasteiger partial charge in [-0.05, 0) is 86.1 Å². The zero-order valence-corrected chi connectivity index (χ0v) is 19.1. The van der Waals surface area contributed by atoms with E-state index in [1.54, 1.807) is 74.5 Å². The first-order valence-electron chi connectivity index (χ1n) is 9.99. The average Bonchev–Trinajstić information content (AvgIpc) is 2.80. The molecule has 3 rings (SSSR count). The van der Waals surface area contributed by atoms with Crippen molar-refractivity contribution in [2.45, 2.75) is 19.4 Å². The number of nitrogens with one attached hydrogen (secondary N) is 1. The minimum Gasteiger partial charge on any atom is -0.504 e. The first-order valence-corrected chi connectivity index (χ1v) is 10.4. The predicted molar refractivity (Wildman–Crippen MR) is 126 cm³/mol. The second kappa shape index (κ2) is 10.2. The summed E-state index contributed by atoms with van der Waals surface area (Å²) in [6, 6.07) is 17.9. The zero-order valence-electron chi connectivity index (χ0n) is 18.3. The molecule has 0 spiro atoms. The molecule has 0 aromatic heterocycles. The van der Waals surface area contributed by atoms with Gasteiger partial charge >= 0.3 is 0 Å². The van der Waals surface area contributed by atoms with E-state index in [9.17, 15) is 14.7 Å². The molecule has 0 aliphatic carbocycles. The average molecular weight is 467 g/mol. The smallest absolute Gasteiger partial charge is 0.283 e. The molecule has 0 saturated heterocycles. The summed E-state index contributed by atoms with van der Waals surface area (Å²) in [6.07, 6.45) is 1.42. The van der Waals surface area contributed by atoms with E-state index in [1.165, 1.54) is 19.4 Å². The van der Waals surface area contributed by atoms with Crippen LogP contribution in [-0.4, -0.2) is 35.7 Å². The Bertz CT molecular complexity index is 1170. The van der Waals surface area contributed by atoms with Crippen LogP contribution in [0.5, 0.6) is 17.2 Å². The van der Waals surface area contributed by atoms with Gasteiger partial charge in [-0.25, -0.2) is 5.43 Å². The molecular formula is C25H23ClN2O5. The number of ether oxygens (including phenoxy) is 2. The molecule has 0 saturated carbocycles. The van der Waals surface area contributed by atoms with Gasteiger partial charge in [0.2, 0.25) is 0 Å². The standard InChI is InChI=1S/C25H23ClN2O5/c1-25(2,24(31)28-27-15-16-4-13-21(29)22(14-16)32-3)33-20-11-7-18(8-12-20)23(30)17-5-9-19(26)10-6-17/h4-15,29H,1-3H3,(H,28,31)/b27-15+. The second-order valence-corrected chi connectivity index (χ2v) is 8.04. The summed E-state index contributed by atoms with van der Waals surface area (Å²) in [5.41, 5.74) is 2.85. The molecule has 1 amide bonds. The Labute approximate surface area is 196 Å². The van der Waals surface area contributed by atoms with Crippen molar-refractivity contribution in [3.8, 4) is 17.2 Å². The van der Waals surface area contributed by atoms with Crippen LogP contribution in [0.15, 0.2) is 71.8 Å². The van der Waals surface area contributed by atoms with Gasteiger partial charge in [-0.15, -0.1) is 0 Å². The molecule has 0 aliphatic rings. The summed E-state index contributed by atoms with van der Waals surface area (Å²) in [5, 5.41) is 14.1. The summed E-state index contributed by atoms with van der Waals surface area (Å²) in [7, 11) is 1.44. The van der Waals surface area contributed by atoms with E-state index in [1.807, 2.05) is 0 Å². The van der Waals surface area contributed by atoms with Crippen LogP contribution in [0.1, 0.15) is 35.3 Å². The Balaban J connectivity index is 1.61. The number of methoxy groups -OCH3 is 1. The number of phenolic OH excluding ortho intramolecular Hbond substituents is 1. The third-order valence-electron chi connectivity index (χ3n) is 4.73. The summed E-state index contributed by atoms with van der Waals surface area (Å²) in [5.74, 6) is 0.123. The molecule has 0 fully saturated rings. The number of hydrogen-bond acceptors (Lipinski definition) is 6. The van der Waals surface area contributed by atoms with E-state index in [-0.39, 0.29) is 11.5 Å². The number of hydrogen-bond donors (Lipinski definition) is 2. The van der Waals surface area contributed by atoms with Crippen LogP contribution in [0.4, 0.5) is 0 Å². The Kier molecular flexibility index (Phi) is 7.35. The van der Waals surface area contributed by atoms with E-state index in [0.29, 0.717) is 33.2 Å². The van der Waals surface area contributed by atoms with Gasteiger partial charge in [0, 0.05) is 16.1 Å². The Hall–Kier alpha value is -3.84. The van der Waals surface area contributed by atoms with Crippen LogP contribution in [-0.2, 0) is 4.79 Å². The van der Waals surface area contributed by atoms with Crippen LogP contribution in [0.2, 0.25) is 5.02 Å². The van der Waals surface area contributed by atoms with Crippen LogP contribution in [0.3, 0.4) is 0 Å². The van der Waals surface area contributed by atoms with Crippen LogP contribution in [0.25, 0.3) is 0 Å². The number of carbonyl (C=O) groups excluding carboxylic acids is 2. The molecule has 2 N–H and O–H groups in total. The van der Waals surface area contributed by atoms with Gasteiger partial charge in [0.05, 0.1) is 13.3 Å². The predicted octanol–water partition coefficient (Wildman–Crippen LogP) is 4.59. The first-order chi connectivity index (χ1) is 15.7. The molecule has 8 heteroatoms. The lowest BCUT2D eigenvalue weighted by molar-refractivity contribution is -0.134. The summed E-state index contributed by atoms with van der Waals surface area (Å²) in [4.78, 5) is 25.1. The fourth-order valence-corrected chi connectivity index (χ4v) is 2.98. The maximum atomic E-state index is 12.6. The highest BCUT2D eigenvalue weighted by Crippen LogP contribution is 2.25. The van der Waals surface area contributed by atoms with E-state index < -0.39 is 11.5 Å². The molecule has 0 unspecified atom stereocenters. The molecule has 3 aromatic rings. The molecule has 7 nitrogen and oxygen atoms in total. The highest BCUT2D eigenvalue weighted by atomic mass is 35.5. The van der Waals surface area contributed by atoms with Crippen molar-refractivity contribution in [3.05, 3.63) is 88.4 Å². The van der Waals surface area contributed by atoms with E-state index in [2.05, 4.69) is 10.5 Å². The minimum atomic E-state index is -1.23. The molecule has 170 valence electrons. The fraction of sp³-hybridized carbons (Fsp3) is 0.160. The third kappa shape index (κ3) is 6.11. The number of benzene rings is 3. The quantitative estimate of drug-likeness (QED) is 0.287. The largest absolute Gasteiger partial charge is 0.504 e. The van der Waals surface area contributed by atoms with Gasteiger partial charge in [0.15, 0.2) is 22.9 Å². The number of carbonyl (C=O) groups is 2. The molecule has 0 aliphatic heterocycles. The molecule has 0 radical (unpaired) electrons. The number of halogens is 1. The van der Waals surface area contributed by atoms with Crippen LogP contribution in [0, 0.1) is 0 Å². The lowest BCUT2D eigenvalue weighted by atomic mass is 10.0. The summed E-state index contributed by atoms with van der Waals surface area (Å²) < 4.78 is 10.8. The molecule has 3 aromatic carbocycles. The first kappa shape index (κ1) is 23.8. The van der Waals surface area contributed by atoms with E-state index in [0.717, 1.165) is 0 Å². The van der Waals surface area contributed by atoms with Crippen molar-refractivity contribution in [1.82, 2.24) is 5.43 Å². The van der Waals surface area contributed by atoms with Crippen LogP contribution >= 0.6 is 11.6 Å². The molecular weight excluding hydrogens is 444 g/mol. The van der Waals surface area contributed by atoms with Crippen molar-refractivity contribution in [3.63, 3.8) is 0 Å². The number of rotatable bonds is 8. The van der Waals surface area contributed by atoms with Gasteiger partial charge in [-0.1, -0.05) is 11.6 Å². The Morgan fingerprint density at radius 1 is 1.00 bits per heavy atom.